The number of carbonyl (C=O) groups excluding carboxylic acids is 2. The van der Waals surface area contributed by atoms with Crippen molar-refractivity contribution in [2.75, 3.05) is 30.3 Å². The van der Waals surface area contributed by atoms with Crippen LogP contribution in [-0.2, 0) is 16.0 Å². The number of nitrogens with one attached hydrogen (secondary N) is 2. The van der Waals surface area contributed by atoms with E-state index in [0.29, 0.717) is 36.8 Å². The molecule has 1 aromatic heterocycles. The predicted molar refractivity (Wildman–Crippen MR) is 93.9 cm³/mol. The third-order valence-corrected chi connectivity index (χ3v) is 4.51. The number of amides is 2. The van der Waals surface area contributed by atoms with Crippen LogP contribution in [0.4, 0.5) is 16.3 Å². The Balaban J connectivity index is 1.59. The summed E-state index contributed by atoms with van der Waals surface area (Å²) in [5.74, 6) is 0.972. The summed E-state index contributed by atoms with van der Waals surface area (Å²) >= 11 is 0. The molecule has 1 saturated heterocycles. The lowest BCUT2D eigenvalue weighted by atomic mass is 10.0. The van der Waals surface area contributed by atoms with Crippen molar-refractivity contribution in [3.05, 3.63) is 23.8 Å². The molecule has 9 nitrogen and oxygen atoms in total. The van der Waals surface area contributed by atoms with Gasteiger partial charge in [-0.2, -0.15) is 5.10 Å². The van der Waals surface area contributed by atoms with E-state index < -0.39 is 6.09 Å². The molecule has 0 saturated carbocycles. The van der Waals surface area contributed by atoms with Crippen molar-refractivity contribution in [3.8, 4) is 17.0 Å². The van der Waals surface area contributed by atoms with Gasteiger partial charge in [-0.1, -0.05) is 0 Å². The highest BCUT2D eigenvalue weighted by molar-refractivity contribution is 5.91. The fourth-order valence-corrected chi connectivity index (χ4v) is 3.22. The van der Waals surface area contributed by atoms with E-state index in [4.69, 9.17) is 15.2 Å². The van der Waals surface area contributed by atoms with Gasteiger partial charge in [0.2, 0.25) is 5.91 Å². The second-order valence-corrected chi connectivity index (χ2v) is 6.29. The fraction of sp³-hybridized carbons (Fsp3) is 0.353. The van der Waals surface area contributed by atoms with Crippen LogP contribution < -0.4 is 20.7 Å². The number of nitrogen functional groups attached to an aromatic ring is 1. The van der Waals surface area contributed by atoms with Gasteiger partial charge < -0.3 is 20.5 Å². The van der Waals surface area contributed by atoms with Gasteiger partial charge in [-0.15, -0.1) is 0 Å². The van der Waals surface area contributed by atoms with E-state index in [2.05, 4.69) is 15.5 Å². The summed E-state index contributed by atoms with van der Waals surface area (Å²) in [4.78, 5) is 24.7. The Morgan fingerprint density at radius 1 is 1.50 bits per heavy atom. The number of aromatic amines is 1. The maximum absolute atomic E-state index is 12.2. The van der Waals surface area contributed by atoms with E-state index in [1.807, 2.05) is 18.2 Å². The summed E-state index contributed by atoms with van der Waals surface area (Å²) in [6.07, 6.45) is -0.169. The molecule has 26 heavy (non-hydrogen) atoms. The maximum Gasteiger partial charge on any atom is 0.414 e. The standard InChI is InChI=1S/C17H19N5O4/c1-9(23)19-7-11-8-22(17(24)26-11)10-2-3-12-14(6-10)25-5-4-13-15(12)20-21-16(13)18/h2-3,6,11H,4-5,7-8H2,1H3,(H,19,23)(H3,18,20,21). The molecule has 2 aliphatic rings. The monoisotopic (exact) mass is 357 g/mol. The second-order valence-electron chi connectivity index (χ2n) is 6.29. The first-order chi connectivity index (χ1) is 12.5. The molecule has 2 aromatic rings. The third kappa shape index (κ3) is 2.81. The Morgan fingerprint density at radius 2 is 2.35 bits per heavy atom. The highest BCUT2D eigenvalue weighted by atomic mass is 16.6. The molecule has 9 heteroatoms. The molecule has 3 heterocycles. The summed E-state index contributed by atoms with van der Waals surface area (Å²) in [5.41, 5.74) is 9.21. The zero-order chi connectivity index (χ0) is 18.3. The SMILES string of the molecule is CC(=O)NCC1CN(c2ccc3c(c2)OCCc2c(N)n[nH]c2-3)C(=O)O1. The van der Waals surface area contributed by atoms with Crippen LogP contribution in [0.5, 0.6) is 5.75 Å². The van der Waals surface area contributed by atoms with Gasteiger partial charge >= 0.3 is 6.09 Å². The van der Waals surface area contributed by atoms with Gasteiger partial charge in [0.05, 0.1) is 31.1 Å². The lowest BCUT2D eigenvalue weighted by molar-refractivity contribution is -0.119. The van der Waals surface area contributed by atoms with Crippen molar-refractivity contribution < 1.29 is 19.1 Å². The van der Waals surface area contributed by atoms with E-state index in [1.54, 1.807) is 0 Å². The molecule has 4 rings (SSSR count). The van der Waals surface area contributed by atoms with Gasteiger partial charge in [0, 0.05) is 30.5 Å². The largest absolute Gasteiger partial charge is 0.492 e. The van der Waals surface area contributed by atoms with Crippen molar-refractivity contribution in [1.82, 2.24) is 15.5 Å². The Labute approximate surface area is 149 Å². The highest BCUT2D eigenvalue weighted by Gasteiger charge is 2.33. The van der Waals surface area contributed by atoms with E-state index in [9.17, 15) is 9.59 Å². The molecule has 4 N–H and O–H groups in total. The number of H-pyrrole nitrogens is 1. The van der Waals surface area contributed by atoms with Gasteiger partial charge in [0.1, 0.15) is 17.7 Å². The highest BCUT2D eigenvalue weighted by Crippen LogP contribution is 2.38. The second kappa shape index (κ2) is 6.25. The van der Waals surface area contributed by atoms with Gasteiger partial charge in [0.15, 0.2) is 0 Å². The molecule has 136 valence electrons. The third-order valence-electron chi connectivity index (χ3n) is 4.51. The van der Waals surface area contributed by atoms with Gasteiger partial charge in [-0.05, 0) is 12.1 Å². The molecular weight excluding hydrogens is 338 g/mol. The maximum atomic E-state index is 12.2. The van der Waals surface area contributed by atoms with Crippen LogP contribution in [0.2, 0.25) is 0 Å². The molecule has 0 bridgehead atoms. The lowest BCUT2D eigenvalue weighted by Gasteiger charge is -2.16. The predicted octanol–water partition coefficient (Wildman–Crippen LogP) is 1.06. The number of nitrogens with two attached hydrogens (primary N) is 1. The first-order valence-corrected chi connectivity index (χ1v) is 8.35. The fourth-order valence-electron chi connectivity index (χ4n) is 3.22. The average Bonchev–Trinajstić information content (AvgIpc) is 3.10. The Hall–Kier alpha value is -3.23. The lowest BCUT2D eigenvalue weighted by Crippen LogP contribution is -2.33. The van der Waals surface area contributed by atoms with E-state index in [0.717, 1.165) is 16.8 Å². The molecule has 1 unspecified atom stereocenters. The summed E-state index contributed by atoms with van der Waals surface area (Å²) in [6.45, 7) is 2.55. The Morgan fingerprint density at radius 3 is 3.15 bits per heavy atom. The molecule has 0 aliphatic carbocycles. The number of hydrogen-bond donors (Lipinski definition) is 3. The van der Waals surface area contributed by atoms with Crippen LogP contribution in [0.1, 0.15) is 12.5 Å². The first-order valence-electron chi connectivity index (χ1n) is 8.35. The average molecular weight is 357 g/mol. The van der Waals surface area contributed by atoms with Gasteiger partial charge in [0.25, 0.3) is 0 Å². The smallest absolute Gasteiger partial charge is 0.414 e. The van der Waals surface area contributed by atoms with Crippen molar-refractivity contribution >= 4 is 23.5 Å². The minimum atomic E-state index is -0.444. The minimum Gasteiger partial charge on any atom is -0.492 e. The van der Waals surface area contributed by atoms with Crippen LogP contribution in [0.25, 0.3) is 11.3 Å². The van der Waals surface area contributed by atoms with E-state index >= 15 is 0 Å². The first kappa shape index (κ1) is 16.2. The molecule has 1 aromatic carbocycles. The number of nitrogens with zero attached hydrogens (tertiary/aromatic N) is 2. The van der Waals surface area contributed by atoms with Crippen molar-refractivity contribution in [3.63, 3.8) is 0 Å². The molecule has 0 radical (unpaired) electrons. The van der Waals surface area contributed by atoms with Crippen LogP contribution in [0, 0.1) is 0 Å². The molecule has 2 aliphatic heterocycles. The molecule has 1 fully saturated rings. The number of fused-ring (bicyclic) bond motifs is 3. The Kier molecular flexibility index (Phi) is 3.90. The van der Waals surface area contributed by atoms with E-state index in [1.165, 1.54) is 11.8 Å². The van der Waals surface area contributed by atoms with E-state index in [-0.39, 0.29) is 18.6 Å². The van der Waals surface area contributed by atoms with Crippen molar-refractivity contribution in [2.24, 2.45) is 0 Å². The van der Waals surface area contributed by atoms with Crippen LogP contribution in [0.15, 0.2) is 18.2 Å². The topological polar surface area (TPSA) is 123 Å². The number of rotatable bonds is 3. The zero-order valence-electron chi connectivity index (χ0n) is 14.2. The molecule has 2 amide bonds. The summed E-state index contributed by atoms with van der Waals surface area (Å²) in [5, 5.41) is 9.69. The number of ether oxygens (including phenoxy) is 2. The number of benzene rings is 1. The molecule has 1 atom stereocenters. The van der Waals surface area contributed by atoms with Crippen molar-refractivity contribution in [2.45, 2.75) is 19.4 Å². The number of cyclic esters (lactones) is 1. The number of hydrogen-bond acceptors (Lipinski definition) is 6. The quantitative estimate of drug-likeness (QED) is 0.755. The summed E-state index contributed by atoms with van der Waals surface area (Å²) in [7, 11) is 0. The molecule has 0 spiro atoms. The minimum absolute atomic E-state index is 0.160. The van der Waals surface area contributed by atoms with Gasteiger partial charge in [-0.3, -0.25) is 14.8 Å². The molecular formula is C17H19N5O4. The van der Waals surface area contributed by atoms with Crippen LogP contribution in [0.3, 0.4) is 0 Å². The van der Waals surface area contributed by atoms with Crippen molar-refractivity contribution in [1.29, 1.82) is 0 Å². The number of anilines is 2. The van der Waals surface area contributed by atoms with Crippen LogP contribution >= 0.6 is 0 Å². The normalized spacial score (nSPS) is 18.4. The zero-order valence-corrected chi connectivity index (χ0v) is 14.2. The number of aromatic nitrogens is 2. The van der Waals surface area contributed by atoms with Crippen LogP contribution in [-0.4, -0.2) is 48.0 Å². The van der Waals surface area contributed by atoms with Gasteiger partial charge in [-0.25, -0.2) is 4.79 Å². The number of carbonyl (C=O) groups is 2. The summed E-state index contributed by atoms with van der Waals surface area (Å²) < 4.78 is 11.2. The Bertz CT molecular complexity index is 878. The summed E-state index contributed by atoms with van der Waals surface area (Å²) in [6, 6.07) is 5.51.